The van der Waals surface area contributed by atoms with E-state index in [1.807, 2.05) is 6.07 Å². The molecule has 1 saturated heterocycles. The van der Waals surface area contributed by atoms with Crippen molar-refractivity contribution < 1.29 is 19.7 Å². The maximum absolute atomic E-state index is 13.4. The molecule has 5 aliphatic rings. The van der Waals surface area contributed by atoms with E-state index < -0.39 is 17.1 Å². The van der Waals surface area contributed by atoms with Gasteiger partial charge in [-0.25, -0.2) is 4.79 Å². The van der Waals surface area contributed by atoms with E-state index in [0.717, 1.165) is 43.0 Å². The van der Waals surface area contributed by atoms with Gasteiger partial charge in [0.2, 0.25) is 0 Å². The number of carbonyl (C=O) groups excluding carboxylic acids is 1. The summed E-state index contributed by atoms with van der Waals surface area (Å²) in [6, 6.07) is 8.18. The lowest BCUT2D eigenvalue weighted by molar-refractivity contribution is -0.190. The van der Waals surface area contributed by atoms with Crippen LogP contribution in [-0.2, 0) is 11.8 Å². The fourth-order valence-electron chi connectivity index (χ4n) is 7.70. The van der Waals surface area contributed by atoms with Crippen molar-refractivity contribution in [1.29, 1.82) is 0 Å². The van der Waals surface area contributed by atoms with Gasteiger partial charge in [0.1, 0.15) is 6.10 Å². The highest BCUT2D eigenvalue weighted by Crippen LogP contribution is 2.65. The molecule has 0 radical (unpaired) electrons. The summed E-state index contributed by atoms with van der Waals surface area (Å²) in [6.07, 6.45) is 4.71. The maximum Gasteiger partial charge on any atom is 0.321 e. The van der Waals surface area contributed by atoms with Crippen molar-refractivity contribution in [2.75, 3.05) is 25.0 Å². The molecule has 3 N–H and O–H groups in total. The molecule has 2 aliphatic heterocycles. The summed E-state index contributed by atoms with van der Waals surface area (Å²) < 4.78 is 6.54. The predicted octanol–water partition coefficient (Wildman–Crippen LogP) is 4.48. The molecule has 7 nitrogen and oxygen atoms in total. The number of rotatable bonds is 4. The summed E-state index contributed by atoms with van der Waals surface area (Å²) in [6.45, 7) is 1.91. The molecule has 3 fully saturated rings. The smallest absolute Gasteiger partial charge is 0.321 e. The molecular weight excluding hydrogens is 513 g/mol. The normalized spacial score (nSPS) is 33.5. The highest BCUT2D eigenvalue weighted by molar-refractivity contribution is 6.42. The van der Waals surface area contributed by atoms with E-state index >= 15 is 0 Å². The molecule has 2 amide bonds. The number of carbonyl (C=O) groups is 1. The fraction of sp³-hybridized carbons (Fsp3) is 0.536. The summed E-state index contributed by atoms with van der Waals surface area (Å²) in [7, 11) is 1.69. The van der Waals surface area contributed by atoms with Gasteiger partial charge in [-0.3, -0.25) is 9.80 Å². The minimum atomic E-state index is -0.978. The van der Waals surface area contributed by atoms with Crippen molar-refractivity contribution in [1.82, 2.24) is 10.2 Å². The lowest BCUT2D eigenvalue weighted by Crippen LogP contribution is -2.78. The molecule has 196 valence electrons. The zero-order valence-corrected chi connectivity index (χ0v) is 22.2. The minimum Gasteiger partial charge on any atom is -0.504 e. The number of phenols is 1. The molecule has 2 unspecified atom stereocenters. The van der Waals surface area contributed by atoms with E-state index in [4.69, 9.17) is 27.9 Å². The van der Waals surface area contributed by atoms with Gasteiger partial charge < -0.3 is 20.3 Å². The van der Waals surface area contributed by atoms with E-state index in [2.05, 4.69) is 10.2 Å². The number of amides is 2. The Labute approximate surface area is 226 Å². The second kappa shape index (κ2) is 8.15. The molecule has 5 atom stereocenters. The fourth-order valence-corrected chi connectivity index (χ4v) is 7.99. The number of hydrogen-bond donors (Lipinski definition) is 3. The summed E-state index contributed by atoms with van der Waals surface area (Å²) in [5.74, 6) is 1.31. The second-order valence-electron chi connectivity index (χ2n) is 11.5. The standard InChI is InChI=1S/C28H31Cl2N3O4/c1-32(17-5-6-18(29)19(30)13-17)26(35)31-20-8-9-28(36)22-12-16-4-7-21(34)24-23(16)27(28,25(20)37-24)10-11-33(22)14-15-2-3-15/h4-7,13,15,20,22,25,34,36H,2-3,8-12,14H2,1H3,(H,31,35)/t20?,22-,25?,27+,28-/m1/s1. The average Bonchev–Trinajstić information content (AvgIpc) is 3.62. The first-order chi connectivity index (χ1) is 17.7. The number of aliphatic hydroxyl groups is 1. The molecule has 2 heterocycles. The molecule has 0 aromatic heterocycles. The van der Waals surface area contributed by atoms with Crippen molar-refractivity contribution in [2.24, 2.45) is 5.92 Å². The van der Waals surface area contributed by atoms with Gasteiger partial charge in [0.05, 0.1) is 27.1 Å². The van der Waals surface area contributed by atoms with E-state index in [9.17, 15) is 15.0 Å². The van der Waals surface area contributed by atoms with Crippen LogP contribution in [0.2, 0.25) is 10.0 Å². The van der Waals surface area contributed by atoms with Crippen LogP contribution < -0.4 is 15.0 Å². The van der Waals surface area contributed by atoms with Crippen LogP contribution in [-0.4, -0.2) is 65.1 Å². The number of anilines is 1. The highest BCUT2D eigenvalue weighted by atomic mass is 35.5. The molecule has 7 rings (SSSR count). The zero-order chi connectivity index (χ0) is 25.7. The van der Waals surface area contributed by atoms with Crippen molar-refractivity contribution in [3.63, 3.8) is 0 Å². The van der Waals surface area contributed by atoms with Crippen LogP contribution in [0.5, 0.6) is 11.5 Å². The Morgan fingerprint density at radius 3 is 2.76 bits per heavy atom. The van der Waals surface area contributed by atoms with Crippen LogP contribution in [0.3, 0.4) is 0 Å². The van der Waals surface area contributed by atoms with Crippen molar-refractivity contribution in [3.8, 4) is 11.5 Å². The third-order valence-electron chi connectivity index (χ3n) is 9.67. The number of piperidine rings is 1. The Morgan fingerprint density at radius 2 is 2.00 bits per heavy atom. The van der Waals surface area contributed by atoms with Crippen LogP contribution in [0, 0.1) is 5.92 Å². The Morgan fingerprint density at radius 1 is 1.19 bits per heavy atom. The number of benzene rings is 2. The summed E-state index contributed by atoms with van der Waals surface area (Å²) in [5, 5.41) is 27.3. The number of nitrogens with one attached hydrogen (secondary N) is 1. The SMILES string of the molecule is CN(C(=O)NC1CC[C@@]2(O)[C@H]3Cc4ccc(O)c5c4[C@@]2(CCN3CC2CC2)C1O5)c1ccc(Cl)c(Cl)c1. The third kappa shape index (κ3) is 3.30. The molecule has 37 heavy (non-hydrogen) atoms. The molecule has 2 saturated carbocycles. The largest absolute Gasteiger partial charge is 0.504 e. The number of ether oxygens (including phenoxy) is 1. The summed E-state index contributed by atoms with van der Waals surface area (Å²) >= 11 is 12.2. The maximum atomic E-state index is 13.4. The third-order valence-corrected chi connectivity index (χ3v) is 10.4. The first-order valence-corrected chi connectivity index (χ1v) is 14.0. The van der Waals surface area contributed by atoms with Gasteiger partial charge in [-0.15, -0.1) is 0 Å². The Kier molecular flexibility index (Phi) is 5.27. The zero-order valence-electron chi connectivity index (χ0n) is 20.7. The molecule has 1 spiro atoms. The van der Waals surface area contributed by atoms with E-state index in [-0.39, 0.29) is 23.9 Å². The Hall–Kier alpha value is -2.19. The van der Waals surface area contributed by atoms with E-state index in [1.54, 1.807) is 31.3 Å². The number of phenolic OH excluding ortho intramolecular Hbond substituents is 1. The molecule has 2 bridgehead atoms. The van der Waals surface area contributed by atoms with Crippen molar-refractivity contribution in [3.05, 3.63) is 51.5 Å². The monoisotopic (exact) mass is 543 g/mol. The van der Waals surface area contributed by atoms with Gasteiger partial charge in [0.15, 0.2) is 11.5 Å². The van der Waals surface area contributed by atoms with Crippen LogP contribution >= 0.6 is 23.2 Å². The lowest BCUT2D eigenvalue weighted by atomic mass is 9.48. The average molecular weight is 544 g/mol. The van der Waals surface area contributed by atoms with Gasteiger partial charge in [-0.05, 0) is 80.8 Å². The van der Waals surface area contributed by atoms with Gasteiger partial charge >= 0.3 is 6.03 Å². The molecule has 3 aliphatic carbocycles. The van der Waals surface area contributed by atoms with Crippen LogP contribution in [0.25, 0.3) is 0 Å². The van der Waals surface area contributed by atoms with Gasteiger partial charge in [-0.2, -0.15) is 0 Å². The minimum absolute atomic E-state index is 0.00600. The number of likely N-dealkylation sites (tertiary alicyclic amines) is 1. The highest BCUT2D eigenvalue weighted by Gasteiger charge is 2.73. The number of halogens is 2. The van der Waals surface area contributed by atoms with Crippen LogP contribution in [0.15, 0.2) is 30.3 Å². The Bertz CT molecular complexity index is 1300. The van der Waals surface area contributed by atoms with Gasteiger partial charge in [-0.1, -0.05) is 29.3 Å². The summed E-state index contributed by atoms with van der Waals surface area (Å²) in [5.41, 5.74) is 1.08. The number of aromatic hydroxyl groups is 1. The molecule has 2 aromatic rings. The molecular formula is C28H31Cl2N3O4. The van der Waals surface area contributed by atoms with Crippen molar-refractivity contribution in [2.45, 2.75) is 67.7 Å². The van der Waals surface area contributed by atoms with E-state index in [1.165, 1.54) is 17.7 Å². The van der Waals surface area contributed by atoms with Gasteiger partial charge in [0, 0.05) is 30.9 Å². The lowest BCUT2D eigenvalue weighted by Gasteiger charge is -2.64. The topological polar surface area (TPSA) is 85.3 Å². The van der Waals surface area contributed by atoms with E-state index in [0.29, 0.717) is 34.3 Å². The number of hydrogen-bond acceptors (Lipinski definition) is 5. The number of nitrogens with zero attached hydrogens (tertiary/aromatic N) is 2. The first-order valence-electron chi connectivity index (χ1n) is 13.2. The summed E-state index contributed by atoms with van der Waals surface area (Å²) in [4.78, 5) is 17.4. The Balaban J connectivity index is 1.24. The van der Waals surface area contributed by atoms with Gasteiger partial charge in [0.25, 0.3) is 0 Å². The van der Waals surface area contributed by atoms with Crippen LogP contribution in [0.1, 0.15) is 43.2 Å². The predicted molar refractivity (Wildman–Crippen MR) is 142 cm³/mol. The first kappa shape index (κ1) is 23.9. The quantitative estimate of drug-likeness (QED) is 0.529. The second-order valence-corrected chi connectivity index (χ2v) is 12.4. The number of urea groups is 1. The molecule has 2 aromatic carbocycles. The van der Waals surface area contributed by atoms with Crippen molar-refractivity contribution >= 4 is 34.9 Å². The molecule has 9 heteroatoms. The van der Waals surface area contributed by atoms with Crippen LogP contribution in [0.4, 0.5) is 10.5 Å².